The molecule has 1 aromatic rings. The van der Waals surface area contributed by atoms with Crippen molar-refractivity contribution >= 4 is 11.6 Å². The van der Waals surface area contributed by atoms with Gasteiger partial charge in [-0.15, -0.1) is 0 Å². The number of hydrogen-bond donors (Lipinski definition) is 0. The predicted molar refractivity (Wildman–Crippen MR) is 75.8 cm³/mol. The minimum atomic E-state index is -0.465. The molecule has 1 aliphatic rings. The van der Waals surface area contributed by atoms with Gasteiger partial charge in [-0.05, 0) is 45.7 Å². The Balaban J connectivity index is 2.29. The molecule has 0 aromatic heterocycles. The van der Waals surface area contributed by atoms with Gasteiger partial charge in [-0.25, -0.2) is 0 Å². The fraction of sp³-hybridized carbons (Fsp3) is 0.500. The zero-order valence-corrected chi connectivity index (χ0v) is 12.0. The number of fused-ring (bicyclic) bond motifs is 1. The quantitative estimate of drug-likeness (QED) is 0.833. The molecule has 0 unspecified atom stereocenters. The smallest absolute Gasteiger partial charge is 0.237 e. The standard InChI is InChI=1S/C16H20N2O/c1-15(2,11-17)9-10-18-13-8-6-5-7-12(13)16(3,4)14(18)19/h5-8H,9-10H2,1-4H3. The van der Waals surface area contributed by atoms with Crippen LogP contribution in [0.4, 0.5) is 5.69 Å². The number of anilines is 1. The summed E-state index contributed by atoms with van der Waals surface area (Å²) in [7, 11) is 0. The lowest BCUT2D eigenvalue weighted by Gasteiger charge is -2.23. The van der Waals surface area contributed by atoms with Crippen molar-refractivity contribution in [2.45, 2.75) is 39.5 Å². The van der Waals surface area contributed by atoms with E-state index in [1.165, 1.54) is 0 Å². The van der Waals surface area contributed by atoms with Gasteiger partial charge in [0.2, 0.25) is 5.91 Å². The second kappa shape index (κ2) is 4.38. The SMILES string of the molecule is CC(C)(C#N)CCN1C(=O)C(C)(C)c2ccccc21. The molecule has 100 valence electrons. The first-order valence-electron chi connectivity index (χ1n) is 6.62. The molecule has 19 heavy (non-hydrogen) atoms. The zero-order chi connectivity index (χ0) is 14.3. The third-order valence-corrected chi connectivity index (χ3v) is 3.91. The van der Waals surface area contributed by atoms with Gasteiger partial charge in [0.25, 0.3) is 0 Å². The van der Waals surface area contributed by atoms with Crippen LogP contribution in [0, 0.1) is 16.7 Å². The first-order chi connectivity index (χ1) is 8.79. The summed E-state index contributed by atoms with van der Waals surface area (Å²) in [5, 5.41) is 9.08. The highest BCUT2D eigenvalue weighted by Crippen LogP contribution is 2.41. The van der Waals surface area contributed by atoms with Crippen molar-refractivity contribution in [3.8, 4) is 6.07 Å². The molecule has 1 aromatic carbocycles. The summed E-state index contributed by atoms with van der Waals surface area (Å²) in [5.41, 5.74) is 1.20. The van der Waals surface area contributed by atoms with E-state index >= 15 is 0 Å². The molecule has 3 heteroatoms. The number of nitrogens with zero attached hydrogens (tertiary/aromatic N) is 2. The van der Waals surface area contributed by atoms with E-state index in [9.17, 15) is 4.79 Å². The summed E-state index contributed by atoms with van der Waals surface area (Å²) in [6.45, 7) is 8.34. The summed E-state index contributed by atoms with van der Waals surface area (Å²) in [4.78, 5) is 14.4. The molecule has 0 atom stereocenters. The summed E-state index contributed by atoms with van der Waals surface area (Å²) < 4.78 is 0. The Labute approximate surface area is 114 Å². The topological polar surface area (TPSA) is 44.1 Å². The van der Waals surface area contributed by atoms with Gasteiger partial charge < -0.3 is 4.90 Å². The van der Waals surface area contributed by atoms with Crippen molar-refractivity contribution in [3.05, 3.63) is 29.8 Å². The molecular weight excluding hydrogens is 236 g/mol. The summed E-state index contributed by atoms with van der Waals surface area (Å²) >= 11 is 0. The Morgan fingerprint density at radius 3 is 2.58 bits per heavy atom. The summed E-state index contributed by atoms with van der Waals surface area (Å²) in [6.07, 6.45) is 0.680. The second-order valence-electron chi connectivity index (χ2n) is 6.34. The van der Waals surface area contributed by atoms with Crippen LogP contribution in [0.25, 0.3) is 0 Å². The predicted octanol–water partition coefficient (Wildman–Crippen LogP) is 3.25. The molecule has 0 bridgehead atoms. The number of benzene rings is 1. The zero-order valence-electron chi connectivity index (χ0n) is 12.0. The third kappa shape index (κ3) is 2.23. The van der Waals surface area contributed by atoms with Gasteiger partial charge >= 0.3 is 0 Å². The molecule has 1 amide bonds. The third-order valence-electron chi connectivity index (χ3n) is 3.91. The molecule has 1 heterocycles. The number of hydrogen-bond acceptors (Lipinski definition) is 2. The Bertz CT molecular complexity index is 552. The van der Waals surface area contributed by atoms with E-state index in [0.29, 0.717) is 13.0 Å². The van der Waals surface area contributed by atoms with E-state index in [1.54, 1.807) is 0 Å². The monoisotopic (exact) mass is 256 g/mol. The number of nitriles is 1. The summed E-state index contributed by atoms with van der Waals surface area (Å²) in [6, 6.07) is 10.2. The van der Waals surface area contributed by atoms with E-state index in [2.05, 4.69) is 6.07 Å². The summed E-state index contributed by atoms with van der Waals surface area (Å²) in [5.74, 6) is 0.127. The van der Waals surface area contributed by atoms with E-state index in [4.69, 9.17) is 5.26 Å². The van der Waals surface area contributed by atoms with Gasteiger partial charge in [-0.2, -0.15) is 5.26 Å². The van der Waals surface area contributed by atoms with Crippen LogP contribution in [-0.4, -0.2) is 12.5 Å². The fourth-order valence-corrected chi connectivity index (χ4v) is 2.47. The van der Waals surface area contributed by atoms with Gasteiger partial charge in [0.05, 0.1) is 16.9 Å². The minimum Gasteiger partial charge on any atom is -0.311 e. The molecule has 0 N–H and O–H groups in total. The van der Waals surface area contributed by atoms with Crippen LogP contribution in [0.15, 0.2) is 24.3 Å². The van der Waals surface area contributed by atoms with Crippen LogP contribution in [0.1, 0.15) is 39.7 Å². The Morgan fingerprint density at radius 1 is 1.32 bits per heavy atom. The number of rotatable bonds is 3. The lowest BCUT2D eigenvalue weighted by atomic mass is 9.86. The van der Waals surface area contributed by atoms with Crippen LogP contribution in [0.2, 0.25) is 0 Å². The van der Waals surface area contributed by atoms with Crippen LogP contribution < -0.4 is 4.90 Å². The number of para-hydroxylation sites is 1. The van der Waals surface area contributed by atoms with Crippen molar-refractivity contribution in [2.24, 2.45) is 5.41 Å². The molecule has 0 spiro atoms. The van der Waals surface area contributed by atoms with Crippen molar-refractivity contribution in [2.75, 3.05) is 11.4 Å². The number of carbonyl (C=O) groups excluding carboxylic acids is 1. The molecule has 0 saturated heterocycles. The average Bonchev–Trinajstić information content (AvgIpc) is 2.57. The number of carbonyl (C=O) groups is 1. The Hall–Kier alpha value is -1.82. The highest BCUT2D eigenvalue weighted by atomic mass is 16.2. The van der Waals surface area contributed by atoms with Crippen LogP contribution in [0.3, 0.4) is 0 Å². The molecule has 0 aliphatic carbocycles. The lowest BCUT2D eigenvalue weighted by Crippen LogP contribution is -2.37. The molecular formula is C16H20N2O. The van der Waals surface area contributed by atoms with Gasteiger partial charge in [0.1, 0.15) is 0 Å². The van der Waals surface area contributed by atoms with E-state index in [1.807, 2.05) is 56.9 Å². The van der Waals surface area contributed by atoms with Crippen molar-refractivity contribution in [3.63, 3.8) is 0 Å². The Morgan fingerprint density at radius 2 is 1.95 bits per heavy atom. The maximum absolute atomic E-state index is 12.5. The van der Waals surface area contributed by atoms with Gasteiger partial charge in [0.15, 0.2) is 0 Å². The van der Waals surface area contributed by atoms with Crippen molar-refractivity contribution < 1.29 is 4.79 Å². The minimum absolute atomic E-state index is 0.127. The maximum atomic E-state index is 12.5. The molecule has 0 saturated carbocycles. The Kier molecular flexibility index (Phi) is 3.14. The van der Waals surface area contributed by atoms with Crippen LogP contribution >= 0.6 is 0 Å². The van der Waals surface area contributed by atoms with E-state index in [0.717, 1.165) is 11.3 Å². The molecule has 3 nitrogen and oxygen atoms in total. The molecule has 0 fully saturated rings. The lowest BCUT2D eigenvalue weighted by molar-refractivity contribution is -0.122. The van der Waals surface area contributed by atoms with Crippen molar-refractivity contribution in [1.29, 1.82) is 5.26 Å². The first-order valence-corrected chi connectivity index (χ1v) is 6.62. The van der Waals surface area contributed by atoms with E-state index < -0.39 is 10.8 Å². The van der Waals surface area contributed by atoms with Gasteiger partial charge in [0, 0.05) is 12.2 Å². The molecule has 2 rings (SSSR count). The number of amides is 1. The van der Waals surface area contributed by atoms with Crippen LogP contribution in [-0.2, 0) is 10.2 Å². The maximum Gasteiger partial charge on any atom is 0.237 e. The largest absolute Gasteiger partial charge is 0.311 e. The van der Waals surface area contributed by atoms with Gasteiger partial charge in [-0.1, -0.05) is 18.2 Å². The highest BCUT2D eigenvalue weighted by molar-refractivity contribution is 6.07. The average molecular weight is 256 g/mol. The highest BCUT2D eigenvalue weighted by Gasteiger charge is 2.43. The first kappa shape index (κ1) is 13.6. The fourth-order valence-electron chi connectivity index (χ4n) is 2.47. The normalized spacial score (nSPS) is 17.2. The molecule has 1 aliphatic heterocycles. The van der Waals surface area contributed by atoms with Crippen LogP contribution in [0.5, 0.6) is 0 Å². The van der Waals surface area contributed by atoms with E-state index in [-0.39, 0.29) is 5.91 Å². The van der Waals surface area contributed by atoms with Crippen molar-refractivity contribution in [1.82, 2.24) is 0 Å². The van der Waals surface area contributed by atoms with Gasteiger partial charge in [-0.3, -0.25) is 4.79 Å². The molecule has 0 radical (unpaired) electrons. The second-order valence-corrected chi connectivity index (χ2v) is 6.34.